The van der Waals surface area contributed by atoms with Crippen LogP contribution in [0.15, 0.2) is 42.9 Å². The maximum Gasteiger partial charge on any atom is 0.387 e. The number of nitrogens with two attached hydrogens (primary N) is 1. The average Bonchev–Trinajstić information content (AvgIpc) is 3.63. The highest BCUT2D eigenvalue weighted by Crippen LogP contribution is 2.37. The zero-order valence-electron chi connectivity index (χ0n) is 22.7. The second kappa shape index (κ2) is 12.4. The van der Waals surface area contributed by atoms with Crippen LogP contribution in [0.1, 0.15) is 18.7 Å². The number of rotatable bonds is 10. The smallest absolute Gasteiger partial charge is 0.387 e. The van der Waals surface area contributed by atoms with Crippen molar-refractivity contribution in [2.75, 3.05) is 38.0 Å². The monoisotopic (exact) mass is 601 g/mol. The molecular formula is C27H30ClF2N9O3. The molecule has 3 aromatic rings. The van der Waals surface area contributed by atoms with Gasteiger partial charge in [0.2, 0.25) is 11.8 Å². The summed E-state index contributed by atoms with van der Waals surface area (Å²) in [7, 11) is 0. The number of carbonyl (C=O) groups excluding carboxylic acids is 2. The Morgan fingerprint density at radius 3 is 2.50 bits per heavy atom. The SMILES string of the molecule is CCN1CC2CN(C(=O)Cn3cc(NC(=O)C(C(=N)N)c4ncccn4)c(-c4cc(Cl)ccc4OC(F)F)n3)CC2C1. The number of benzene rings is 1. The van der Waals surface area contributed by atoms with Crippen molar-refractivity contribution in [2.24, 2.45) is 17.6 Å². The van der Waals surface area contributed by atoms with Gasteiger partial charge in [0.05, 0.1) is 5.69 Å². The summed E-state index contributed by atoms with van der Waals surface area (Å²) in [6.07, 6.45) is 4.23. The Morgan fingerprint density at radius 1 is 1.19 bits per heavy atom. The summed E-state index contributed by atoms with van der Waals surface area (Å²) in [5.41, 5.74) is 5.87. The number of carbonyl (C=O) groups is 2. The number of alkyl halides is 2. The number of hydrogen-bond donors (Lipinski definition) is 3. The van der Waals surface area contributed by atoms with E-state index < -0.39 is 24.3 Å². The van der Waals surface area contributed by atoms with Crippen molar-refractivity contribution in [2.45, 2.75) is 26.0 Å². The molecule has 2 aliphatic rings. The molecule has 42 heavy (non-hydrogen) atoms. The summed E-state index contributed by atoms with van der Waals surface area (Å²) in [5, 5.41) is 15.3. The van der Waals surface area contributed by atoms with Gasteiger partial charge in [0.1, 0.15) is 29.6 Å². The van der Waals surface area contributed by atoms with Gasteiger partial charge in [0, 0.05) is 55.4 Å². The van der Waals surface area contributed by atoms with Crippen molar-refractivity contribution < 1.29 is 23.1 Å². The minimum absolute atomic E-state index is 0.00248. The van der Waals surface area contributed by atoms with E-state index in [9.17, 15) is 18.4 Å². The van der Waals surface area contributed by atoms with Crippen LogP contribution in [0.5, 0.6) is 5.75 Å². The van der Waals surface area contributed by atoms with Crippen LogP contribution in [0.4, 0.5) is 14.5 Å². The minimum Gasteiger partial charge on any atom is -0.434 e. The van der Waals surface area contributed by atoms with E-state index in [-0.39, 0.29) is 46.0 Å². The number of nitrogens with one attached hydrogen (secondary N) is 2. The van der Waals surface area contributed by atoms with Crippen molar-refractivity contribution in [3.8, 4) is 17.0 Å². The van der Waals surface area contributed by atoms with Crippen LogP contribution >= 0.6 is 11.6 Å². The molecule has 15 heteroatoms. The van der Waals surface area contributed by atoms with E-state index in [0.717, 1.165) is 19.6 Å². The lowest BCUT2D eigenvalue weighted by Crippen LogP contribution is -2.35. The zero-order chi connectivity index (χ0) is 30.0. The van der Waals surface area contributed by atoms with Crippen LogP contribution in [-0.2, 0) is 16.1 Å². The Bertz CT molecular complexity index is 1460. The lowest BCUT2D eigenvalue weighted by Gasteiger charge is -2.20. The highest BCUT2D eigenvalue weighted by atomic mass is 35.5. The van der Waals surface area contributed by atoms with E-state index in [1.165, 1.54) is 41.5 Å². The summed E-state index contributed by atoms with van der Waals surface area (Å²) >= 11 is 6.19. The van der Waals surface area contributed by atoms with Crippen molar-refractivity contribution in [1.82, 2.24) is 29.5 Å². The van der Waals surface area contributed by atoms with Crippen molar-refractivity contribution in [1.29, 1.82) is 5.41 Å². The van der Waals surface area contributed by atoms with E-state index >= 15 is 0 Å². The molecule has 2 fully saturated rings. The zero-order valence-corrected chi connectivity index (χ0v) is 23.5. The summed E-state index contributed by atoms with van der Waals surface area (Å²) < 4.78 is 32.5. The molecule has 4 N–H and O–H groups in total. The molecule has 3 atom stereocenters. The third-order valence-corrected chi connectivity index (χ3v) is 7.74. The Morgan fingerprint density at radius 2 is 1.88 bits per heavy atom. The topological polar surface area (TPSA) is 155 Å². The fourth-order valence-corrected chi connectivity index (χ4v) is 5.70. The second-order valence-electron chi connectivity index (χ2n) is 10.3. The Kier molecular flexibility index (Phi) is 8.64. The minimum atomic E-state index is -3.14. The van der Waals surface area contributed by atoms with E-state index in [1.807, 2.05) is 4.90 Å². The summed E-state index contributed by atoms with van der Waals surface area (Å²) in [4.78, 5) is 38.9. The first-order chi connectivity index (χ1) is 20.1. The van der Waals surface area contributed by atoms with Crippen LogP contribution in [0.2, 0.25) is 5.02 Å². The number of halogens is 3. The first-order valence-corrected chi connectivity index (χ1v) is 13.7. The highest BCUT2D eigenvalue weighted by Gasteiger charge is 2.41. The van der Waals surface area contributed by atoms with Crippen molar-refractivity contribution >= 4 is 34.9 Å². The van der Waals surface area contributed by atoms with Gasteiger partial charge in [-0.15, -0.1) is 0 Å². The van der Waals surface area contributed by atoms with E-state index in [1.54, 1.807) is 6.07 Å². The maximum atomic E-state index is 13.4. The molecule has 3 unspecified atom stereocenters. The van der Waals surface area contributed by atoms with Gasteiger partial charge >= 0.3 is 6.61 Å². The largest absolute Gasteiger partial charge is 0.434 e. The number of aromatic nitrogens is 4. The van der Waals surface area contributed by atoms with Crippen molar-refractivity contribution in [3.05, 3.63) is 53.7 Å². The number of hydrogen-bond acceptors (Lipinski definition) is 8. The Labute approximate surface area is 245 Å². The molecule has 1 aromatic carbocycles. The Hall–Kier alpha value is -4.17. The molecule has 2 aliphatic heterocycles. The fraction of sp³-hybridized carbons (Fsp3) is 0.407. The van der Waals surface area contributed by atoms with E-state index in [4.69, 9.17) is 27.5 Å². The van der Waals surface area contributed by atoms with Crippen molar-refractivity contribution in [3.63, 3.8) is 0 Å². The standard InChI is InChI=1S/C27H30ClF2N9O3/c1-2-37-9-15-11-38(12-16(15)10-37)21(40)14-39-13-19(35-26(41)22(24(31)32)25-33-6-3-7-34-25)23(36-39)18-8-17(28)4-5-20(18)42-27(29)30/h3-8,13,15-16,22,27H,2,9-12,14H2,1H3,(H3,31,32)(H,35,41). The molecule has 0 saturated carbocycles. The quantitative estimate of drug-likeness (QED) is 0.237. The number of amidine groups is 1. The first-order valence-electron chi connectivity index (χ1n) is 13.4. The normalized spacial score (nSPS) is 19.1. The van der Waals surface area contributed by atoms with Gasteiger partial charge in [-0.05, 0) is 42.6 Å². The van der Waals surface area contributed by atoms with Crippen LogP contribution in [0.25, 0.3) is 11.3 Å². The van der Waals surface area contributed by atoms with Gasteiger partial charge in [-0.25, -0.2) is 9.97 Å². The fourth-order valence-electron chi connectivity index (χ4n) is 5.53. The number of fused-ring (bicyclic) bond motifs is 1. The summed E-state index contributed by atoms with van der Waals surface area (Å²) in [5.74, 6) is -2.16. The molecule has 0 spiro atoms. The van der Waals surface area contributed by atoms with Gasteiger partial charge in [-0.3, -0.25) is 19.7 Å². The van der Waals surface area contributed by atoms with Crippen LogP contribution < -0.4 is 15.8 Å². The molecule has 5 rings (SSSR count). The number of amides is 2. The molecule has 0 bridgehead atoms. The lowest BCUT2D eigenvalue weighted by atomic mass is 10.0. The third-order valence-electron chi connectivity index (χ3n) is 7.51. The summed E-state index contributed by atoms with van der Waals surface area (Å²) in [6.45, 7) is 3.03. The van der Waals surface area contributed by atoms with Crippen LogP contribution in [0, 0.1) is 17.2 Å². The lowest BCUT2D eigenvalue weighted by molar-refractivity contribution is -0.131. The molecule has 2 amide bonds. The first kappa shape index (κ1) is 29.3. The highest BCUT2D eigenvalue weighted by molar-refractivity contribution is 6.31. The number of nitrogens with zero attached hydrogens (tertiary/aromatic N) is 6. The van der Waals surface area contributed by atoms with Gasteiger partial charge in [-0.1, -0.05) is 18.5 Å². The van der Waals surface area contributed by atoms with Gasteiger partial charge in [-0.2, -0.15) is 13.9 Å². The molecule has 2 aromatic heterocycles. The molecule has 0 radical (unpaired) electrons. The van der Waals surface area contributed by atoms with E-state index in [0.29, 0.717) is 24.9 Å². The molecule has 0 aliphatic carbocycles. The average molecular weight is 602 g/mol. The summed E-state index contributed by atoms with van der Waals surface area (Å²) in [6, 6.07) is 5.56. The molecule has 4 heterocycles. The maximum absolute atomic E-state index is 13.4. The Balaban J connectivity index is 1.45. The van der Waals surface area contributed by atoms with E-state index in [2.05, 4.69) is 32.2 Å². The van der Waals surface area contributed by atoms with Gasteiger partial charge in [0.15, 0.2) is 5.92 Å². The molecular weight excluding hydrogens is 572 g/mol. The predicted octanol–water partition coefficient (Wildman–Crippen LogP) is 2.66. The molecule has 2 saturated heterocycles. The number of ether oxygens (including phenoxy) is 1. The second-order valence-corrected chi connectivity index (χ2v) is 10.7. The number of likely N-dealkylation sites (tertiary alicyclic amines) is 2. The number of anilines is 1. The van der Waals surface area contributed by atoms with Gasteiger partial charge < -0.3 is 25.6 Å². The molecule has 12 nitrogen and oxygen atoms in total. The van der Waals surface area contributed by atoms with Crippen LogP contribution in [-0.4, -0.2) is 86.5 Å². The van der Waals surface area contributed by atoms with Gasteiger partial charge in [0.25, 0.3) is 0 Å². The third kappa shape index (κ3) is 6.34. The van der Waals surface area contributed by atoms with Crippen LogP contribution in [0.3, 0.4) is 0 Å². The molecule has 222 valence electrons. The predicted molar refractivity (Wildman–Crippen MR) is 150 cm³/mol.